The first-order valence-electron chi connectivity index (χ1n) is 3.25. The lowest BCUT2D eigenvalue weighted by Crippen LogP contribution is -3.00. The zero-order valence-corrected chi connectivity index (χ0v) is 7.15. The lowest BCUT2D eigenvalue weighted by atomic mass is 10.4. The predicted molar refractivity (Wildman–Crippen MR) is 32.7 cm³/mol. The van der Waals surface area contributed by atoms with Crippen molar-refractivity contribution in [1.82, 2.24) is 0 Å². The average Bonchev–Trinajstić information content (AvgIpc) is 2.10. The predicted octanol–water partition coefficient (Wildman–Crippen LogP) is -3.62. The summed E-state index contributed by atoms with van der Waals surface area (Å²) < 4.78 is 10.7. The molecule has 0 aromatic carbocycles. The molecular weight excluding hydrogens is 154 g/mol. The Bertz CT molecular complexity index is 108. The zero-order valence-electron chi connectivity index (χ0n) is 6.39. The van der Waals surface area contributed by atoms with Gasteiger partial charge < -0.3 is 27.6 Å². The Morgan fingerprint density at radius 3 is 2.40 bits per heavy atom. The van der Waals surface area contributed by atoms with Gasteiger partial charge in [-0.25, -0.2) is 0 Å². The van der Waals surface area contributed by atoms with E-state index in [-0.39, 0.29) is 24.3 Å². The molecule has 1 saturated heterocycles. The van der Waals surface area contributed by atoms with Crippen LogP contribution < -0.4 is 18.1 Å². The van der Waals surface area contributed by atoms with Crippen LogP contribution in [0.5, 0.6) is 0 Å². The van der Waals surface area contributed by atoms with Crippen molar-refractivity contribution in [2.24, 2.45) is 0 Å². The monoisotopic (exact) mass is 167 g/mol. The van der Waals surface area contributed by atoms with Gasteiger partial charge in [-0.05, 0) is 13.8 Å². The summed E-state index contributed by atoms with van der Waals surface area (Å²) in [6.07, 6.45) is 0.208. The molecule has 3 nitrogen and oxygen atoms in total. The second kappa shape index (κ2) is 3.53. The molecule has 1 heterocycles. The van der Waals surface area contributed by atoms with Crippen molar-refractivity contribution in [3.05, 3.63) is 0 Å². The Labute approximate surface area is 67.3 Å². The lowest BCUT2D eigenvalue weighted by Gasteiger charge is -2.15. The number of rotatable bonds is 1. The minimum atomic E-state index is -0.373. The lowest BCUT2D eigenvalue weighted by molar-refractivity contribution is -0.385. The Morgan fingerprint density at radius 1 is 1.60 bits per heavy atom. The van der Waals surface area contributed by atoms with Gasteiger partial charge >= 0.3 is 0 Å². The molecule has 3 N–H and O–H groups in total. The summed E-state index contributed by atoms with van der Waals surface area (Å²) in [6.45, 7) is 5.32. The minimum absolute atomic E-state index is 0. The third-order valence-corrected chi connectivity index (χ3v) is 1.39. The first-order chi connectivity index (χ1) is 4.14. The zero-order chi connectivity index (χ0) is 6.91. The maximum Gasteiger partial charge on any atom is 0.163 e. The van der Waals surface area contributed by atoms with Gasteiger partial charge in [0.15, 0.2) is 5.79 Å². The van der Waals surface area contributed by atoms with Crippen molar-refractivity contribution in [2.45, 2.75) is 25.7 Å². The van der Waals surface area contributed by atoms with Crippen molar-refractivity contribution < 1.29 is 27.6 Å². The highest BCUT2D eigenvalue weighted by atomic mass is 35.5. The van der Waals surface area contributed by atoms with Crippen LogP contribution in [0, 0.1) is 0 Å². The molecule has 0 bridgehead atoms. The van der Waals surface area contributed by atoms with Gasteiger partial charge in [0.05, 0.1) is 6.61 Å². The fourth-order valence-electron chi connectivity index (χ4n) is 0.905. The second-order valence-electron chi connectivity index (χ2n) is 2.74. The summed E-state index contributed by atoms with van der Waals surface area (Å²) in [4.78, 5) is 0. The Balaban J connectivity index is 0.000000810. The smallest absolute Gasteiger partial charge is 0.163 e. The third-order valence-electron chi connectivity index (χ3n) is 1.39. The standard InChI is InChI=1S/C6H13NO2.ClH/c1-6(2)8-4-5(3-7)9-6;/h5H,3-4,7H2,1-2H3;1H/t5-;/m0./s1. The van der Waals surface area contributed by atoms with Crippen LogP contribution in [0.3, 0.4) is 0 Å². The molecule has 0 unspecified atom stereocenters. The number of ether oxygens (including phenoxy) is 2. The highest BCUT2D eigenvalue weighted by Crippen LogP contribution is 2.20. The van der Waals surface area contributed by atoms with Gasteiger partial charge in [0.2, 0.25) is 0 Å². The van der Waals surface area contributed by atoms with Crippen LogP contribution in [0.15, 0.2) is 0 Å². The van der Waals surface area contributed by atoms with E-state index in [4.69, 9.17) is 9.47 Å². The van der Waals surface area contributed by atoms with Gasteiger partial charge in [0.1, 0.15) is 12.6 Å². The molecule has 62 valence electrons. The molecule has 0 radical (unpaired) electrons. The molecule has 1 rings (SSSR count). The van der Waals surface area contributed by atoms with Crippen LogP contribution in [0.1, 0.15) is 13.8 Å². The molecule has 0 aliphatic carbocycles. The molecule has 0 saturated carbocycles. The van der Waals surface area contributed by atoms with E-state index in [2.05, 4.69) is 5.73 Å². The SMILES string of the molecule is CC1(C)OC[C@H](C[NH3+])O1.[Cl-]. The van der Waals surface area contributed by atoms with Gasteiger partial charge in [-0.3, -0.25) is 0 Å². The number of quaternary nitrogens is 1. The highest BCUT2D eigenvalue weighted by molar-refractivity contribution is 4.68. The summed E-state index contributed by atoms with van der Waals surface area (Å²) in [6, 6.07) is 0. The van der Waals surface area contributed by atoms with E-state index in [9.17, 15) is 0 Å². The molecule has 0 amide bonds. The Morgan fingerprint density at radius 2 is 2.20 bits per heavy atom. The third kappa shape index (κ3) is 2.42. The van der Waals surface area contributed by atoms with Crippen molar-refractivity contribution in [3.63, 3.8) is 0 Å². The molecular formula is C6H14ClNO2. The second-order valence-corrected chi connectivity index (χ2v) is 2.74. The van der Waals surface area contributed by atoms with Crippen LogP contribution in [0.25, 0.3) is 0 Å². The number of hydrogen-bond donors (Lipinski definition) is 1. The topological polar surface area (TPSA) is 46.1 Å². The largest absolute Gasteiger partial charge is 1.00 e. The fraction of sp³-hybridized carbons (Fsp3) is 1.00. The number of hydrogen-bond acceptors (Lipinski definition) is 2. The first kappa shape index (κ1) is 10.2. The summed E-state index contributed by atoms with van der Waals surface area (Å²) in [5, 5.41) is 0. The van der Waals surface area contributed by atoms with Crippen molar-refractivity contribution in [3.8, 4) is 0 Å². The van der Waals surface area contributed by atoms with Gasteiger partial charge in [-0.2, -0.15) is 0 Å². The molecule has 0 aromatic rings. The first-order valence-corrected chi connectivity index (χ1v) is 3.25. The van der Waals surface area contributed by atoms with Gasteiger partial charge in [-0.15, -0.1) is 0 Å². The molecule has 0 spiro atoms. The van der Waals surface area contributed by atoms with E-state index in [1.54, 1.807) is 0 Å². The molecule has 10 heavy (non-hydrogen) atoms. The van der Waals surface area contributed by atoms with Crippen LogP contribution in [0.4, 0.5) is 0 Å². The molecule has 1 fully saturated rings. The molecule has 0 aromatic heterocycles. The van der Waals surface area contributed by atoms with E-state index in [0.717, 1.165) is 6.54 Å². The molecule has 1 atom stereocenters. The number of halogens is 1. The van der Waals surface area contributed by atoms with Crippen molar-refractivity contribution in [2.75, 3.05) is 13.2 Å². The van der Waals surface area contributed by atoms with E-state index < -0.39 is 0 Å². The summed E-state index contributed by atoms with van der Waals surface area (Å²) in [7, 11) is 0. The molecule has 1 aliphatic heterocycles. The molecule has 1 aliphatic rings. The van der Waals surface area contributed by atoms with Gasteiger partial charge in [0, 0.05) is 0 Å². The average molecular weight is 168 g/mol. The summed E-state index contributed by atoms with van der Waals surface area (Å²) in [5.41, 5.74) is 3.73. The van der Waals surface area contributed by atoms with E-state index in [1.165, 1.54) is 0 Å². The maximum absolute atomic E-state index is 5.41. The van der Waals surface area contributed by atoms with Crippen molar-refractivity contribution in [1.29, 1.82) is 0 Å². The Kier molecular flexibility index (Phi) is 3.59. The Hall–Kier alpha value is 0.170. The highest BCUT2D eigenvalue weighted by Gasteiger charge is 2.32. The molecule has 4 heteroatoms. The van der Waals surface area contributed by atoms with E-state index >= 15 is 0 Å². The van der Waals surface area contributed by atoms with Gasteiger partial charge in [-0.1, -0.05) is 0 Å². The van der Waals surface area contributed by atoms with Crippen LogP contribution in [-0.4, -0.2) is 25.0 Å². The van der Waals surface area contributed by atoms with Crippen molar-refractivity contribution >= 4 is 0 Å². The van der Waals surface area contributed by atoms with Crippen LogP contribution in [0.2, 0.25) is 0 Å². The normalized spacial score (nSPS) is 29.7. The quantitative estimate of drug-likeness (QED) is 0.439. The summed E-state index contributed by atoms with van der Waals surface area (Å²) in [5.74, 6) is -0.373. The summed E-state index contributed by atoms with van der Waals surface area (Å²) >= 11 is 0. The maximum atomic E-state index is 5.41. The van der Waals surface area contributed by atoms with Crippen LogP contribution in [-0.2, 0) is 9.47 Å². The van der Waals surface area contributed by atoms with Crippen LogP contribution >= 0.6 is 0 Å². The fourth-order valence-corrected chi connectivity index (χ4v) is 0.905. The minimum Gasteiger partial charge on any atom is -1.00 e. The van der Waals surface area contributed by atoms with E-state index in [1.807, 2.05) is 13.8 Å². The van der Waals surface area contributed by atoms with E-state index in [0.29, 0.717) is 6.61 Å². The van der Waals surface area contributed by atoms with Gasteiger partial charge in [0.25, 0.3) is 0 Å².